The first kappa shape index (κ1) is 17.8. The SMILES string of the molecule is O=c1c2ccc(Cl)cc2ncn1C[C@@H](O)COc1cccc([N+](=O)[O-])c1. The maximum absolute atomic E-state index is 12.4. The second kappa shape index (κ2) is 7.51. The van der Waals surface area contributed by atoms with Gasteiger partial charge in [-0.25, -0.2) is 4.98 Å². The molecule has 0 fully saturated rings. The predicted octanol–water partition coefficient (Wildman–Crippen LogP) is 2.40. The van der Waals surface area contributed by atoms with Gasteiger partial charge in [0.25, 0.3) is 11.2 Å². The Kier molecular flexibility index (Phi) is 5.15. The first-order valence-corrected chi connectivity index (χ1v) is 8.02. The lowest BCUT2D eigenvalue weighted by atomic mass is 10.2. The summed E-state index contributed by atoms with van der Waals surface area (Å²) in [6.45, 7) is -0.161. The van der Waals surface area contributed by atoms with Gasteiger partial charge in [0.15, 0.2) is 0 Å². The van der Waals surface area contributed by atoms with E-state index in [1.807, 2.05) is 0 Å². The molecule has 1 heterocycles. The Morgan fingerprint density at radius 3 is 2.88 bits per heavy atom. The summed E-state index contributed by atoms with van der Waals surface area (Å²) >= 11 is 5.88. The summed E-state index contributed by atoms with van der Waals surface area (Å²) in [4.78, 5) is 26.8. The molecule has 0 saturated carbocycles. The van der Waals surface area contributed by atoms with Crippen LogP contribution in [0.4, 0.5) is 5.69 Å². The van der Waals surface area contributed by atoms with Crippen molar-refractivity contribution in [2.75, 3.05) is 6.61 Å². The first-order chi connectivity index (χ1) is 12.4. The van der Waals surface area contributed by atoms with Gasteiger partial charge in [-0.3, -0.25) is 19.5 Å². The molecule has 0 unspecified atom stereocenters. The molecule has 134 valence electrons. The quantitative estimate of drug-likeness (QED) is 0.523. The molecule has 0 radical (unpaired) electrons. The summed E-state index contributed by atoms with van der Waals surface area (Å²) in [5.41, 5.74) is 0.0627. The van der Waals surface area contributed by atoms with Crippen LogP contribution in [-0.4, -0.2) is 32.3 Å². The van der Waals surface area contributed by atoms with Gasteiger partial charge in [-0.15, -0.1) is 0 Å². The molecule has 3 rings (SSSR count). The van der Waals surface area contributed by atoms with Gasteiger partial charge in [0.1, 0.15) is 18.5 Å². The lowest BCUT2D eigenvalue weighted by Gasteiger charge is -2.14. The molecular formula is C17H14ClN3O5. The van der Waals surface area contributed by atoms with Crippen molar-refractivity contribution in [3.8, 4) is 5.75 Å². The molecule has 0 aliphatic rings. The van der Waals surface area contributed by atoms with Crippen LogP contribution >= 0.6 is 11.6 Å². The highest BCUT2D eigenvalue weighted by atomic mass is 35.5. The third-order valence-corrected chi connectivity index (χ3v) is 3.90. The Morgan fingerprint density at radius 2 is 2.12 bits per heavy atom. The van der Waals surface area contributed by atoms with E-state index in [1.54, 1.807) is 24.3 Å². The first-order valence-electron chi connectivity index (χ1n) is 7.64. The zero-order chi connectivity index (χ0) is 18.7. The van der Waals surface area contributed by atoms with Crippen molar-refractivity contribution < 1.29 is 14.8 Å². The van der Waals surface area contributed by atoms with E-state index in [0.29, 0.717) is 15.9 Å². The Labute approximate surface area is 152 Å². The number of aliphatic hydroxyl groups excluding tert-OH is 1. The van der Waals surface area contributed by atoms with Gasteiger partial charge >= 0.3 is 0 Å². The van der Waals surface area contributed by atoms with Crippen LogP contribution in [0, 0.1) is 10.1 Å². The van der Waals surface area contributed by atoms with Crippen LogP contribution in [0.1, 0.15) is 0 Å². The van der Waals surface area contributed by atoms with Gasteiger partial charge < -0.3 is 9.84 Å². The van der Waals surface area contributed by atoms with Crippen LogP contribution in [0.15, 0.2) is 53.6 Å². The minimum absolute atomic E-state index is 0.0284. The van der Waals surface area contributed by atoms with Gasteiger partial charge in [-0.1, -0.05) is 17.7 Å². The van der Waals surface area contributed by atoms with Crippen molar-refractivity contribution in [1.29, 1.82) is 0 Å². The van der Waals surface area contributed by atoms with Crippen LogP contribution in [0.3, 0.4) is 0 Å². The normalized spacial score (nSPS) is 12.1. The Morgan fingerprint density at radius 1 is 1.31 bits per heavy atom. The number of hydrogen-bond acceptors (Lipinski definition) is 6. The third-order valence-electron chi connectivity index (χ3n) is 3.67. The summed E-state index contributed by atoms with van der Waals surface area (Å²) in [5.74, 6) is 0.261. The number of aliphatic hydroxyl groups is 1. The Bertz CT molecular complexity index is 1020. The van der Waals surface area contributed by atoms with Crippen molar-refractivity contribution in [2.45, 2.75) is 12.6 Å². The zero-order valence-corrected chi connectivity index (χ0v) is 14.2. The number of aromatic nitrogens is 2. The Hall–Kier alpha value is -2.97. The van der Waals surface area contributed by atoms with Crippen molar-refractivity contribution in [1.82, 2.24) is 9.55 Å². The highest BCUT2D eigenvalue weighted by Crippen LogP contribution is 2.19. The molecule has 0 bridgehead atoms. The molecule has 3 aromatic rings. The van der Waals surface area contributed by atoms with Gasteiger partial charge in [-0.2, -0.15) is 0 Å². The number of benzene rings is 2. The lowest BCUT2D eigenvalue weighted by Crippen LogP contribution is -2.30. The molecule has 9 heteroatoms. The third kappa shape index (κ3) is 3.98. The summed E-state index contributed by atoms with van der Waals surface area (Å²) < 4.78 is 6.64. The number of hydrogen-bond donors (Lipinski definition) is 1. The van der Waals surface area contributed by atoms with Crippen molar-refractivity contribution in [3.63, 3.8) is 0 Å². The van der Waals surface area contributed by atoms with Crippen molar-refractivity contribution in [2.24, 2.45) is 0 Å². The van der Waals surface area contributed by atoms with Crippen LogP contribution in [0.25, 0.3) is 10.9 Å². The average molecular weight is 376 g/mol. The number of non-ortho nitro benzene ring substituents is 1. The molecule has 1 aromatic heterocycles. The van der Waals surface area contributed by atoms with E-state index < -0.39 is 11.0 Å². The molecule has 0 aliphatic carbocycles. The molecule has 8 nitrogen and oxygen atoms in total. The molecule has 0 spiro atoms. The van der Waals surface area contributed by atoms with Gasteiger partial charge in [-0.05, 0) is 24.3 Å². The highest BCUT2D eigenvalue weighted by molar-refractivity contribution is 6.31. The monoisotopic (exact) mass is 375 g/mol. The molecule has 1 atom stereocenters. The minimum Gasteiger partial charge on any atom is -0.491 e. The van der Waals surface area contributed by atoms with Gasteiger partial charge in [0.05, 0.1) is 34.8 Å². The van der Waals surface area contributed by atoms with Crippen LogP contribution < -0.4 is 10.3 Å². The number of nitrogens with zero attached hydrogens (tertiary/aromatic N) is 3. The summed E-state index contributed by atoms with van der Waals surface area (Å²) in [6, 6.07) is 10.4. The van der Waals surface area contributed by atoms with E-state index in [2.05, 4.69) is 4.98 Å². The maximum Gasteiger partial charge on any atom is 0.273 e. The largest absolute Gasteiger partial charge is 0.491 e. The fourth-order valence-electron chi connectivity index (χ4n) is 2.42. The molecular weight excluding hydrogens is 362 g/mol. The minimum atomic E-state index is -1.00. The van der Waals surface area contributed by atoms with Gasteiger partial charge in [0.2, 0.25) is 0 Å². The van der Waals surface area contributed by atoms with E-state index in [4.69, 9.17) is 16.3 Å². The molecule has 2 aromatic carbocycles. The summed E-state index contributed by atoms with van der Waals surface area (Å²) in [5, 5.41) is 21.7. The topological polar surface area (TPSA) is 107 Å². The number of nitro groups is 1. The van der Waals surface area contributed by atoms with Crippen molar-refractivity contribution >= 4 is 28.2 Å². The smallest absolute Gasteiger partial charge is 0.273 e. The number of ether oxygens (including phenoxy) is 1. The van der Waals surface area contributed by atoms with Crippen molar-refractivity contribution in [3.05, 3.63) is 74.3 Å². The maximum atomic E-state index is 12.4. The highest BCUT2D eigenvalue weighted by Gasteiger charge is 2.12. The second-order valence-electron chi connectivity index (χ2n) is 5.58. The van der Waals surface area contributed by atoms with Crippen LogP contribution in [0.2, 0.25) is 5.02 Å². The molecule has 1 N–H and O–H groups in total. The number of rotatable bonds is 6. The van der Waals surface area contributed by atoms with E-state index >= 15 is 0 Å². The Balaban J connectivity index is 1.69. The summed E-state index contributed by atoms with van der Waals surface area (Å²) in [6.07, 6.45) is 0.330. The molecule has 26 heavy (non-hydrogen) atoms. The number of halogens is 1. The van der Waals surface area contributed by atoms with E-state index in [1.165, 1.54) is 29.1 Å². The molecule has 0 aliphatic heterocycles. The average Bonchev–Trinajstić information content (AvgIpc) is 2.62. The van der Waals surface area contributed by atoms with E-state index in [0.717, 1.165) is 0 Å². The van der Waals surface area contributed by atoms with E-state index in [-0.39, 0.29) is 30.1 Å². The molecule has 0 amide bonds. The second-order valence-corrected chi connectivity index (χ2v) is 6.02. The number of fused-ring (bicyclic) bond motifs is 1. The zero-order valence-electron chi connectivity index (χ0n) is 13.4. The standard InChI is InChI=1S/C17H14ClN3O5/c18-11-4-5-15-16(6-11)19-10-20(17(15)23)8-13(22)9-26-14-3-1-2-12(7-14)21(24)25/h1-7,10,13,22H,8-9H2/t13-/m1/s1. The summed E-state index contributed by atoms with van der Waals surface area (Å²) in [7, 11) is 0. The lowest BCUT2D eigenvalue weighted by molar-refractivity contribution is -0.384. The molecule has 0 saturated heterocycles. The predicted molar refractivity (Wildman–Crippen MR) is 95.6 cm³/mol. The van der Waals surface area contributed by atoms with Crippen LogP contribution in [0.5, 0.6) is 5.75 Å². The van der Waals surface area contributed by atoms with E-state index in [9.17, 15) is 20.0 Å². The fraction of sp³-hybridized carbons (Fsp3) is 0.176. The fourth-order valence-corrected chi connectivity index (χ4v) is 2.59. The van der Waals surface area contributed by atoms with Gasteiger partial charge in [0, 0.05) is 11.1 Å². The number of nitro benzene ring substituents is 1. The van der Waals surface area contributed by atoms with Crippen LogP contribution in [-0.2, 0) is 6.54 Å².